The van der Waals surface area contributed by atoms with E-state index in [-0.39, 0.29) is 24.0 Å². The third-order valence-electron chi connectivity index (χ3n) is 4.23. The molecule has 0 amide bonds. The molecule has 0 aromatic carbocycles. The van der Waals surface area contributed by atoms with Gasteiger partial charge in [0.1, 0.15) is 0 Å². The summed E-state index contributed by atoms with van der Waals surface area (Å²) in [5.41, 5.74) is 3.71. The first kappa shape index (κ1) is 18.8. The van der Waals surface area contributed by atoms with Gasteiger partial charge in [-0.15, -0.1) is 24.0 Å². The highest BCUT2D eigenvalue weighted by atomic mass is 127. The minimum absolute atomic E-state index is 0. The number of aliphatic imine (C=N–C) groups is 1. The standard InChI is InChI=1S/C17H25N5O.HI/c1-12(2)22-10-14-4-5-15(8-16(14)21-22)20-17(18-3)19-9-13-6-7-23-11-13;/h6-7,10-12,15H,4-5,8-9H2,1-3H3,(H2,18,19,20);1H. The van der Waals surface area contributed by atoms with Crippen LogP contribution in [0.15, 0.2) is 34.2 Å². The van der Waals surface area contributed by atoms with Gasteiger partial charge < -0.3 is 15.1 Å². The van der Waals surface area contributed by atoms with E-state index < -0.39 is 0 Å². The fourth-order valence-corrected chi connectivity index (χ4v) is 2.87. The van der Waals surface area contributed by atoms with Gasteiger partial charge in [0.05, 0.1) is 18.2 Å². The van der Waals surface area contributed by atoms with Crippen molar-refractivity contribution in [2.24, 2.45) is 4.99 Å². The van der Waals surface area contributed by atoms with Crippen LogP contribution in [0, 0.1) is 0 Å². The van der Waals surface area contributed by atoms with Gasteiger partial charge in [0.2, 0.25) is 0 Å². The lowest BCUT2D eigenvalue weighted by molar-refractivity contribution is 0.499. The third-order valence-corrected chi connectivity index (χ3v) is 4.23. The second kappa shape index (κ2) is 8.55. The Kier molecular flexibility index (Phi) is 6.70. The summed E-state index contributed by atoms with van der Waals surface area (Å²) in [6.07, 6.45) is 8.73. The van der Waals surface area contributed by atoms with E-state index in [1.165, 1.54) is 11.3 Å². The maximum absolute atomic E-state index is 5.08. The van der Waals surface area contributed by atoms with Crippen LogP contribution in [0.3, 0.4) is 0 Å². The van der Waals surface area contributed by atoms with Gasteiger partial charge in [-0.2, -0.15) is 5.10 Å². The molecule has 2 aromatic rings. The van der Waals surface area contributed by atoms with Crippen molar-refractivity contribution in [2.45, 2.75) is 51.7 Å². The number of aromatic nitrogens is 2. The molecule has 0 saturated heterocycles. The Labute approximate surface area is 160 Å². The van der Waals surface area contributed by atoms with E-state index in [4.69, 9.17) is 9.52 Å². The smallest absolute Gasteiger partial charge is 0.191 e. The maximum atomic E-state index is 5.08. The van der Waals surface area contributed by atoms with Crippen LogP contribution in [0.4, 0.5) is 0 Å². The Bertz CT molecular complexity index is 663. The summed E-state index contributed by atoms with van der Waals surface area (Å²) >= 11 is 0. The Morgan fingerprint density at radius 2 is 2.33 bits per heavy atom. The first-order valence-corrected chi connectivity index (χ1v) is 8.21. The first-order chi connectivity index (χ1) is 11.2. The van der Waals surface area contributed by atoms with Crippen molar-refractivity contribution >= 4 is 29.9 Å². The number of nitrogens with zero attached hydrogens (tertiary/aromatic N) is 3. The van der Waals surface area contributed by atoms with E-state index >= 15 is 0 Å². The van der Waals surface area contributed by atoms with Gasteiger partial charge in [0, 0.05) is 43.9 Å². The van der Waals surface area contributed by atoms with Crippen molar-refractivity contribution in [2.75, 3.05) is 7.05 Å². The normalized spacial score (nSPS) is 17.3. The van der Waals surface area contributed by atoms with E-state index in [9.17, 15) is 0 Å². The van der Waals surface area contributed by atoms with E-state index in [1.807, 2.05) is 6.07 Å². The largest absolute Gasteiger partial charge is 0.472 e. The highest BCUT2D eigenvalue weighted by Crippen LogP contribution is 2.21. The molecule has 24 heavy (non-hydrogen) atoms. The lowest BCUT2D eigenvalue weighted by atomic mass is 9.94. The van der Waals surface area contributed by atoms with Crippen molar-refractivity contribution < 1.29 is 4.42 Å². The predicted octanol–water partition coefficient (Wildman–Crippen LogP) is 2.90. The summed E-state index contributed by atoms with van der Waals surface area (Å²) < 4.78 is 7.15. The highest BCUT2D eigenvalue weighted by Gasteiger charge is 2.22. The topological polar surface area (TPSA) is 67.4 Å². The molecule has 3 rings (SSSR count). The Hall–Kier alpha value is -1.51. The molecular weight excluding hydrogens is 417 g/mol. The van der Waals surface area contributed by atoms with Crippen LogP contribution in [0.5, 0.6) is 0 Å². The van der Waals surface area contributed by atoms with Crippen LogP contribution < -0.4 is 10.6 Å². The van der Waals surface area contributed by atoms with Crippen LogP contribution in [0.25, 0.3) is 0 Å². The Morgan fingerprint density at radius 1 is 1.50 bits per heavy atom. The summed E-state index contributed by atoms with van der Waals surface area (Å²) in [6.45, 7) is 5.03. The fraction of sp³-hybridized carbons (Fsp3) is 0.529. The number of halogens is 1. The van der Waals surface area contributed by atoms with Crippen LogP contribution in [-0.4, -0.2) is 28.8 Å². The summed E-state index contributed by atoms with van der Waals surface area (Å²) in [6, 6.07) is 2.73. The van der Waals surface area contributed by atoms with Gasteiger partial charge in [0.25, 0.3) is 0 Å². The monoisotopic (exact) mass is 443 g/mol. The van der Waals surface area contributed by atoms with Gasteiger partial charge >= 0.3 is 0 Å². The molecule has 1 atom stereocenters. The molecule has 6 nitrogen and oxygen atoms in total. The van der Waals surface area contributed by atoms with E-state index in [1.54, 1.807) is 19.6 Å². The molecule has 7 heteroatoms. The van der Waals surface area contributed by atoms with Gasteiger partial charge in [-0.05, 0) is 38.3 Å². The quantitative estimate of drug-likeness (QED) is 0.433. The molecule has 0 saturated carbocycles. The van der Waals surface area contributed by atoms with Crippen LogP contribution in [-0.2, 0) is 19.4 Å². The van der Waals surface area contributed by atoms with Crippen molar-refractivity contribution in [3.05, 3.63) is 41.6 Å². The average Bonchev–Trinajstić information content (AvgIpc) is 3.20. The van der Waals surface area contributed by atoms with E-state index in [0.717, 1.165) is 30.8 Å². The van der Waals surface area contributed by atoms with E-state index in [0.29, 0.717) is 18.6 Å². The third kappa shape index (κ3) is 4.52. The number of hydrogen-bond acceptors (Lipinski definition) is 3. The number of aryl methyl sites for hydroxylation is 1. The molecular formula is C17H26IN5O. The summed E-state index contributed by atoms with van der Waals surface area (Å²) in [7, 11) is 1.80. The number of nitrogens with one attached hydrogen (secondary N) is 2. The zero-order valence-corrected chi connectivity index (χ0v) is 16.8. The van der Waals surface area contributed by atoms with Crippen LogP contribution >= 0.6 is 24.0 Å². The minimum atomic E-state index is 0. The van der Waals surface area contributed by atoms with Gasteiger partial charge in [-0.1, -0.05) is 0 Å². The van der Waals surface area contributed by atoms with Crippen molar-refractivity contribution in [3.63, 3.8) is 0 Å². The van der Waals surface area contributed by atoms with E-state index in [2.05, 4.69) is 40.4 Å². The molecule has 2 aromatic heterocycles. The van der Waals surface area contributed by atoms with Gasteiger partial charge in [-0.3, -0.25) is 9.67 Å². The number of fused-ring (bicyclic) bond motifs is 1. The molecule has 0 radical (unpaired) electrons. The molecule has 0 fully saturated rings. The fourth-order valence-electron chi connectivity index (χ4n) is 2.87. The van der Waals surface area contributed by atoms with Crippen LogP contribution in [0.1, 0.15) is 43.1 Å². The van der Waals surface area contributed by atoms with Crippen LogP contribution in [0.2, 0.25) is 0 Å². The Morgan fingerprint density at radius 3 is 3.00 bits per heavy atom. The number of hydrogen-bond donors (Lipinski definition) is 2. The van der Waals surface area contributed by atoms with Crippen molar-refractivity contribution in [1.82, 2.24) is 20.4 Å². The van der Waals surface area contributed by atoms with Gasteiger partial charge in [0.15, 0.2) is 5.96 Å². The molecule has 2 heterocycles. The molecule has 132 valence electrons. The van der Waals surface area contributed by atoms with Crippen molar-refractivity contribution in [1.29, 1.82) is 0 Å². The summed E-state index contributed by atoms with van der Waals surface area (Å²) in [4.78, 5) is 4.31. The first-order valence-electron chi connectivity index (χ1n) is 8.21. The SMILES string of the molecule is CN=C(NCc1ccoc1)NC1CCc2cn(C(C)C)nc2C1.I. The predicted molar refractivity (Wildman–Crippen MR) is 106 cm³/mol. The number of furan rings is 1. The molecule has 2 N–H and O–H groups in total. The van der Waals surface area contributed by atoms with Crippen molar-refractivity contribution in [3.8, 4) is 0 Å². The lowest BCUT2D eigenvalue weighted by Crippen LogP contribution is -2.45. The Balaban J connectivity index is 0.00000208. The minimum Gasteiger partial charge on any atom is -0.472 e. The molecule has 1 unspecified atom stereocenters. The second-order valence-corrected chi connectivity index (χ2v) is 6.32. The lowest BCUT2D eigenvalue weighted by Gasteiger charge is -2.24. The second-order valence-electron chi connectivity index (χ2n) is 6.32. The summed E-state index contributed by atoms with van der Waals surface area (Å²) in [5, 5.41) is 11.6. The molecule has 0 spiro atoms. The van der Waals surface area contributed by atoms with Gasteiger partial charge in [-0.25, -0.2) is 0 Å². The molecule has 0 aliphatic heterocycles. The summed E-state index contributed by atoms with van der Waals surface area (Å²) in [5.74, 6) is 0.822. The number of rotatable bonds is 4. The number of guanidine groups is 1. The maximum Gasteiger partial charge on any atom is 0.191 e. The molecule has 1 aliphatic carbocycles. The zero-order valence-electron chi connectivity index (χ0n) is 14.5. The zero-order chi connectivity index (χ0) is 16.2. The average molecular weight is 443 g/mol. The molecule has 1 aliphatic rings. The molecule has 0 bridgehead atoms. The highest BCUT2D eigenvalue weighted by molar-refractivity contribution is 14.0.